The molecule has 0 saturated heterocycles. The summed E-state index contributed by atoms with van der Waals surface area (Å²) in [6, 6.07) is 65.7. The van der Waals surface area contributed by atoms with E-state index in [1.165, 1.54) is 11.1 Å². The summed E-state index contributed by atoms with van der Waals surface area (Å²) in [7, 11) is 0. The fraction of sp³-hybridized carbons (Fsp3) is 0.0385. The molecule has 0 amide bonds. The predicted molar refractivity (Wildman–Crippen MR) is 237 cm³/mol. The van der Waals surface area contributed by atoms with Crippen LogP contribution in [-0.2, 0) is 0 Å². The van der Waals surface area contributed by atoms with Gasteiger partial charge in [-0.15, -0.1) is 0 Å². The Hall–Kier alpha value is -7.10. The van der Waals surface area contributed by atoms with Crippen LogP contribution in [0.3, 0.4) is 0 Å². The minimum atomic E-state index is 0.745. The molecule has 0 atom stereocenters. The maximum atomic E-state index is 6.05. The Kier molecular flexibility index (Phi) is 12.3. The Balaban J connectivity index is 0.000000404. The van der Waals surface area contributed by atoms with Crippen LogP contribution in [0.4, 0.5) is 39.8 Å². The Morgan fingerprint density at radius 1 is 0.273 bits per heavy atom. The van der Waals surface area contributed by atoms with E-state index >= 15 is 0 Å². The Morgan fingerprint density at radius 3 is 0.818 bits per heavy atom. The summed E-state index contributed by atoms with van der Waals surface area (Å²) in [5.74, 6) is 0. The molecule has 55 heavy (non-hydrogen) atoms. The highest BCUT2D eigenvalue weighted by atomic mass is 15.1. The van der Waals surface area contributed by atoms with Crippen LogP contribution < -0.4 is 15.5 Å². The zero-order valence-corrected chi connectivity index (χ0v) is 30.9. The van der Waals surface area contributed by atoms with Gasteiger partial charge in [0.2, 0.25) is 0 Å². The van der Waals surface area contributed by atoms with Gasteiger partial charge in [-0.05, 0) is 120 Å². The van der Waals surface area contributed by atoms with Crippen LogP contribution in [0.5, 0.6) is 0 Å². The van der Waals surface area contributed by atoms with Gasteiger partial charge in [-0.2, -0.15) is 0 Å². The van der Waals surface area contributed by atoms with E-state index in [9.17, 15) is 0 Å². The van der Waals surface area contributed by atoms with Crippen molar-refractivity contribution in [2.75, 3.05) is 15.5 Å². The van der Waals surface area contributed by atoms with Crippen molar-refractivity contribution in [2.24, 2.45) is 0 Å². The number of rotatable bonds is 8. The largest absolute Gasteiger partial charge is 0.399 e. The van der Waals surface area contributed by atoms with Gasteiger partial charge in [-0.25, -0.2) is 0 Å². The average molecular weight is 712 g/mol. The maximum absolute atomic E-state index is 6.05. The zero-order valence-electron chi connectivity index (χ0n) is 30.9. The maximum Gasteiger partial charge on any atom is 0.0463 e. The molecule has 0 fully saturated rings. The van der Waals surface area contributed by atoms with Crippen LogP contribution >= 0.6 is 0 Å². The van der Waals surface area contributed by atoms with Crippen molar-refractivity contribution in [3.05, 3.63) is 237 Å². The van der Waals surface area contributed by atoms with Gasteiger partial charge in [-0.3, -0.25) is 0 Å². The summed E-state index contributed by atoms with van der Waals surface area (Å²) in [6.07, 6.45) is 19.0. The molecule has 2 aliphatic carbocycles. The smallest absolute Gasteiger partial charge is 0.0463 e. The molecule has 268 valence electrons. The predicted octanol–water partition coefficient (Wildman–Crippen LogP) is 14.5. The molecular weight excluding hydrogens is 667 g/mol. The van der Waals surface area contributed by atoms with Crippen LogP contribution in [0.1, 0.15) is 12.8 Å². The van der Waals surface area contributed by atoms with E-state index in [-0.39, 0.29) is 0 Å². The SMILES string of the molecule is C1=CCC=C1.C1=CCC=C1.Nc1ccc(N(c2ccc(-c3ccccc3)cc2)c2ccc(-c3ccc(N(c4ccccc4)c4ccccc4)cc3)cc2)cc1. The fourth-order valence-electron chi connectivity index (χ4n) is 6.50. The molecule has 0 bridgehead atoms. The normalized spacial score (nSPS) is 12.0. The minimum Gasteiger partial charge on any atom is -0.399 e. The molecule has 0 saturated carbocycles. The van der Waals surface area contributed by atoms with Crippen molar-refractivity contribution < 1.29 is 0 Å². The Labute approximate surface area is 326 Å². The van der Waals surface area contributed by atoms with Gasteiger partial charge in [-0.1, -0.05) is 152 Å². The first kappa shape index (κ1) is 36.3. The van der Waals surface area contributed by atoms with Crippen LogP contribution in [0.2, 0.25) is 0 Å². The monoisotopic (exact) mass is 711 g/mol. The molecule has 0 aliphatic heterocycles. The Bertz CT molecular complexity index is 2240. The minimum absolute atomic E-state index is 0.745. The highest BCUT2D eigenvalue weighted by Crippen LogP contribution is 2.38. The second-order valence-electron chi connectivity index (χ2n) is 13.1. The lowest BCUT2D eigenvalue weighted by Gasteiger charge is -2.26. The van der Waals surface area contributed by atoms with E-state index in [0.29, 0.717) is 0 Å². The average Bonchev–Trinajstić information content (AvgIpc) is 4.05. The summed E-state index contributed by atoms with van der Waals surface area (Å²) in [6.45, 7) is 0. The van der Waals surface area contributed by atoms with Gasteiger partial charge in [0.1, 0.15) is 0 Å². The van der Waals surface area contributed by atoms with Crippen LogP contribution in [0, 0.1) is 0 Å². The van der Waals surface area contributed by atoms with Crippen molar-refractivity contribution in [1.82, 2.24) is 0 Å². The second kappa shape index (κ2) is 18.6. The lowest BCUT2D eigenvalue weighted by Crippen LogP contribution is -2.10. The Morgan fingerprint density at radius 2 is 0.527 bits per heavy atom. The van der Waals surface area contributed by atoms with Crippen LogP contribution in [0.25, 0.3) is 22.3 Å². The van der Waals surface area contributed by atoms with E-state index in [4.69, 9.17) is 5.73 Å². The third kappa shape index (κ3) is 9.67. The number of para-hydroxylation sites is 2. The molecule has 3 heteroatoms. The molecule has 7 aromatic rings. The molecule has 0 heterocycles. The number of nitrogens with zero attached hydrogens (tertiary/aromatic N) is 2. The van der Waals surface area contributed by atoms with Gasteiger partial charge >= 0.3 is 0 Å². The number of anilines is 7. The van der Waals surface area contributed by atoms with Crippen LogP contribution in [-0.4, -0.2) is 0 Å². The number of nitrogens with two attached hydrogens (primary N) is 1. The second-order valence-corrected chi connectivity index (χ2v) is 13.1. The molecule has 0 aromatic heterocycles. The van der Waals surface area contributed by atoms with Crippen LogP contribution in [0.15, 0.2) is 237 Å². The van der Waals surface area contributed by atoms with Gasteiger partial charge in [0.05, 0.1) is 0 Å². The quantitative estimate of drug-likeness (QED) is 0.159. The van der Waals surface area contributed by atoms with E-state index in [1.54, 1.807) is 0 Å². The molecule has 9 rings (SSSR count). The summed E-state index contributed by atoms with van der Waals surface area (Å²) in [4.78, 5) is 4.54. The first-order valence-electron chi connectivity index (χ1n) is 18.8. The van der Waals surface area contributed by atoms with Gasteiger partial charge in [0, 0.05) is 39.8 Å². The van der Waals surface area contributed by atoms with E-state index < -0.39 is 0 Å². The third-order valence-electron chi connectivity index (χ3n) is 9.31. The number of nitrogen functional groups attached to an aromatic ring is 1. The van der Waals surface area contributed by atoms with Crippen molar-refractivity contribution in [1.29, 1.82) is 0 Å². The number of allylic oxidation sites excluding steroid dienone is 8. The number of hydrogen-bond donors (Lipinski definition) is 1. The molecule has 0 spiro atoms. The van der Waals surface area contributed by atoms with Crippen molar-refractivity contribution in [2.45, 2.75) is 12.8 Å². The lowest BCUT2D eigenvalue weighted by molar-refractivity contribution is 1.28. The summed E-state index contributed by atoms with van der Waals surface area (Å²) < 4.78 is 0. The summed E-state index contributed by atoms with van der Waals surface area (Å²) >= 11 is 0. The van der Waals surface area contributed by atoms with Gasteiger partial charge < -0.3 is 15.5 Å². The summed E-state index contributed by atoms with van der Waals surface area (Å²) in [5, 5.41) is 0. The van der Waals surface area contributed by atoms with E-state index in [1.807, 2.05) is 30.3 Å². The fourth-order valence-corrected chi connectivity index (χ4v) is 6.50. The van der Waals surface area contributed by atoms with Gasteiger partial charge in [0.25, 0.3) is 0 Å². The first-order chi connectivity index (χ1) is 27.2. The van der Waals surface area contributed by atoms with Crippen molar-refractivity contribution >= 4 is 39.8 Å². The molecule has 7 aromatic carbocycles. The van der Waals surface area contributed by atoms with Crippen molar-refractivity contribution in [3.63, 3.8) is 0 Å². The molecule has 3 nitrogen and oxygen atoms in total. The third-order valence-corrected chi connectivity index (χ3v) is 9.31. The molecule has 0 radical (unpaired) electrons. The van der Waals surface area contributed by atoms with E-state index in [2.05, 4.69) is 216 Å². The number of benzene rings is 7. The molecule has 2 aliphatic rings. The first-order valence-corrected chi connectivity index (χ1v) is 18.8. The summed E-state index contributed by atoms with van der Waals surface area (Å²) in [5.41, 5.74) is 18.1. The lowest BCUT2D eigenvalue weighted by atomic mass is 10.0. The van der Waals surface area contributed by atoms with E-state index in [0.717, 1.165) is 63.8 Å². The number of hydrogen-bond acceptors (Lipinski definition) is 3. The highest BCUT2D eigenvalue weighted by molar-refractivity contribution is 5.81. The molecule has 2 N–H and O–H groups in total. The topological polar surface area (TPSA) is 32.5 Å². The molecule has 0 unspecified atom stereocenters. The van der Waals surface area contributed by atoms with Crippen molar-refractivity contribution in [3.8, 4) is 22.3 Å². The zero-order chi connectivity index (χ0) is 37.5. The standard InChI is InChI=1S/C42H33N3.2C5H6/c43-36-22-30-42(31-23-36)45(40-24-16-33(17-25-40)32-10-4-1-5-11-32)41-28-20-35(21-29-41)34-18-26-39(27-19-34)44(37-12-6-2-7-13-37)38-14-8-3-9-15-38;2*1-2-4-5-3-1/h1-31H,43H2;2*1-4H,5H2. The van der Waals surface area contributed by atoms with Gasteiger partial charge in [0.15, 0.2) is 0 Å². The molecular formula is C52H45N3. The highest BCUT2D eigenvalue weighted by Gasteiger charge is 2.15.